The second kappa shape index (κ2) is 6.25. The predicted octanol–water partition coefficient (Wildman–Crippen LogP) is 1.66. The lowest BCUT2D eigenvalue weighted by atomic mass is 10.1. The van der Waals surface area contributed by atoms with Crippen molar-refractivity contribution in [1.82, 2.24) is 10.2 Å². The Labute approximate surface area is 113 Å². The van der Waals surface area contributed by atoms with Crippen molar-refractivity contribution in [2.45, 2.75) is 19.5 Å². The lowest BCUT2D eigenvalue weighted by Gasteiger charge is -2.27. The number of nitrogens with zero attached hydrogens (tertiary/aromatic N) is 1. The quantitative estimate of drug-likeness (QED) is 0.901. The summed E-state index contributed by atoms with van der Waals surface area (Å²) in [5, 5.41) is 3.28. The molecule has 2 rings (SSSR count). The highest BCUT2D eigenvalue weighted by molar-refractivity contribution is 7.99. The zero-order valence-electron chi connectivity index (χ0n) is 11.0. The Hall–Kier alpha value is -1.00. The van der Waals surface area contributed by atoms with Gasteiger partial charge in [-0.15, -0.1) is 0 Å². The molecule has 18 heavy (non-hydrogen) atoms. The van der Waals surface area contributed by atoms with Gasteiger partial charge >= 0.3 is 0 Å². The number of thioether (sulfide) groups is 1. The van der Waals surface area contributed by atoms with Crippen molar-refractivity contribution in [1.29, 1.82) is 0 Å². The highest BCUT2D eigenvalue weighted by Crippen LogP contribution is 2.12. The number of carbonyl (C=O) groups is 1. The van der Waals surface area contributed by atoms with E-state index in [4.69, 9.17) is 0 Å². The molecule has 1 saturated heterocycles. The highest BCUT2D eigenvalue weighted by Gasteiger charge is 2.23. The molecule has 1 aliphatic rings. The summed E-state index contributed by atoms with van der Waals surface area (Å²) in [6.07, 6.45) is 0. The van der Waals surface area contributed by atoms with Crippen LogP contribution in [0.2, 0.25) is 0 Å². The molecule has 3 nitrogen and oxygen atoms in total. The molecule has 0 spiro atoms. The van der Waals surface area contributed by atoms with Crippen LogP contribution >= 0.6 is 11.8 Å². The lowest BCUT2D eigenvalue weighted by molar-refractivity contribution is -0.132. The summed E-state index contributed by atoms with van der Waals surface area (Å²) in [6, 6.07) is 8.30. The molecule has 0 aliphatic carbocycles. The summed E-state index contributed by atoms with van der Waals surface area (Å²) in [5.74, 6) is 2.19. The molecular weight excluding hydrogens is 244 g/mol. The monoisotopic (exact) mass is 264 g/mol. The number of amides is 1. The van der Waals surface area contributed by atoms with Crippen molar-refractivity contribution in [2.75, 3.05) is 25.1 Å². The third kappa shape index (κ3) is 3.50. The van der Waals surface area contributed by atoms with Crippen molar-refractivity contribution in [3.63, 3.8) is 0 Å². The molecule has 4 heteroatoms. The molecule has 1 fully saturated rings. The second-order valence-corrected chi connectivity index (χ2v) is 5.91. The van der Waals surface area contributed by atoms with E-state index < -0.39 is 0 Å². The Bertz CT molecular complexity index is 416. The van der Waals surface area contributed by atoms with Gasteiger partial charge < -0.3 is 10.2 Å². The number of benzene rings is 1. The molecule has 1 aliphatic heterocycles. The summed E-state index contributed by atoms with van der Waals surface area (Å²) in [5.41, 5.74) is 2.43. The van der Waals surface area contributed by atoms with Gasteiger partial charge in [-0.2, -0.15) is 11.8 Å². The highest BCUT2D eigenvalue weighted by atomic mass is 32.2. The van der Waals surface area contributed by atoms with E-state index in [9.17, 15) is 4.79 Å². The molecule has 0 aromatic heterocycles. The molecular formula is C14H20N2OS. The van der Waals surface area contributed by atoms with Gasteiger partial charge in [0.2, 0.25) is 5.91 Å². The molecule has 1 unspecified atom stereocenters. The topological polar surface area (TPSA) is 32.3 Å². The maximum atomic E-state index is 12.2. The van der Waals surface area contributed by atoms with Crippen LogP contribution in [0.4, 0.5) is 0 Å². The molecule has 1 aromatic carbocycles. The maximum absolute atomic E-state index is 12.2. The summed E-state index contributed by atoms with van der Waals surface area (Å²) in [6.45, 7) is 3.69. The Kier molecular flexibility index (Phi) is 4.66. The van der Waals surface area contributed by atoms with Crippen LogP contribution in [0.1, 0.15) is 11.1 Å². The van der Waals surface area contributed by atoms with Crippen molar-refractivity contribution in [3.8, 4) is 0 Å². The first-order valence-electron chi connectivity index (χ1n) is 6.28. The van der Waals surface area contributed by atoms with E-state index in [2.05, 4.69) is 30.4 Å². The number of hydrogen-bond acceptors (Lipinski definition) is 3. The first-order valence-corrected chi connectivity index (χ1v) is 7.44. The van der Waals surface area contributed by atoms with Crippen LogP contribution in [0.3, 0.4) is 0 Å². The van der Waals surface area contributed by atoms with E-state index in [0.29, 0.717) is 6.54 Å². The molecule has 1 amide bonds. The van der Waals surface area contributed by atoms with Gasteiger partial charge in [0.15, 0.2) is 0 Å². The average molecular weight is 264 g/mol. The van der Waals surface area contributed by atoms with E-state index in [-0.39, 0.29) is 11.9 Å². The molecule has 0 radical (unpaired) electrons. The first kappa shape index (κ1) is 13.4. The fraction of sp³-hybridized carbons (Fsp3) is 0.500. The standard InChI is InChI=1S/C14H20N2OS/c1-11-4-3-5-12(8-11)9-16(2)14(17)13-10-18-7-6-15-13/h3-5,8,13,15H,6-7,9-10H2,1-2H3. The van der Waals surface area contributed by atoms with E-state index in [1.165, 1.54) is 11.1 Å². The van der Waals surface area contributed by atoms with E-state index in [1.54, 1.807) is 0 Å². The fourth-order valence-electron chi connectivity index (χ4n) is 2.15. The van der Waals surface area contributed by atoms with Gasteiger partial charge in [-0.3, -0.25) is 4.79 Å². The van der Waals surface area contributed by atoms with Crippen LogP contribution in [0.5, 0.6) is 0 Å². The first-order chi connectivity index (χ1) is 8.66. The minimum Gasteiger partial charge on any atom is -0.340 e. The van der Waals surface area contributed by atoms with Crippen LogP contribution in [-0.2, 0) is 11.3 Å². The Morgan fingerprint density at radius 3 is 3.06 bits per heavy atom. The zero-order valence-corrected chi connectivity index (χ0v) is 11.8. The van der Waals surface area contributed by atoms with Crippen molar-refractivity contribution in [3.05, 3.63) is 35.4 Å². The van der Waals surface area contributed by atoms with Gasteiger partial charge in [0, 0.05) is 31.6 Å². The normalized spacial score (nSPS) is 19.6. The van der Waals surface area contributed by atoms with Crippen molar-refractivity contribution in [2.24, 2.45) is 0 Å². The summed E-state index contributed by atoms with van der Waals surface area (Å²) < 4.78 is 0. The Morgan fingerprint density at radius 2 is 2.39 bits per heavy atom. The van der Waals surface area contributed by atoms with E-state index in [1.807, 2.05) is 29.8 Å². The van der Waals surface area contributed by atoms with Crippen LogP contribution in [0.15, 0.2) is 24.3 Å². The molecule has 0 saturated carbocycles. The number of likely N-dealkylation sites (N-methyl/N-ethyl adjacent to an activating group) is 1. The van der Waals surface area contributed by atoms with Crippen LogP contribution in [0.25, 0.3) is 0 Å². The number of hydrogen-bond donors (Lipinski definition) is 1. The number of aryl methyl sites for hydroxylation is 1. The summed E-state index contributed by atoms with van der Waals surface area (Å²) in [7, 11) is 1.88. The molecule has 1 heterocycles. The van der Waals surface area contributed by atoms with Gasteiger partial charge in [-0.1, -0.05) is 29.8 Å². The minimum atomic E-state index is -0.0152. The fourth-order valence-corrected chi connectivity index (χ4v) is 3.08. The van der Waals surface area contributed by atoms with Crippen molar-refractivity contribution >= 4 is 17.7 Å². The van der Waals surface area contributed by atoms with E-state index >= 15 is 0 Å². The zero-order chi connectivity index (χ0) is 13.0. The number of nitrogens with one attached hydrogen (secondary N) is 1. The van der Waals surface area contributed by atoms with Gasteiger partial charge in [-0.05, 0) is 12.5 Å². The maximum Gasteiger partial charge on any atom is 0.240 e. The summed E-state index contributed by atoms with van der Waals surface area (Å²) in [4.78, 5) is 14.1. The van der Waals surface area contributed by atoms with Crippen LogP contribution in [-0.4, -0.2) is 41.9 Å². The van der Waals surface area contributed by atoms with E-state index in [0.717, 1.165) is 18.1 Å². The van der Waals surface area contributed by atoms with Crippen LogP contribution in [0, 0.1) is 6.92 Å². The van der Waals surface area contributed by atoms with Crippen LogP contribution < -0.4 is 5.32 Å². The molecule has 0 bridgehead atoms. The van der Waals surface area contributed by atoms with Gasteiger partial charge in [0.1, 0.15) is 0 Å². The lowest BCUT2D eigenvalue weighted by Crippen LogP contribution is -2.49. The number of carbonyl (C=O) groups excluding carboxylic acids is 1. The molecule has 1 atom stereocenters. The molecule has 1 aromatic rings. The average Bonchev–Trinajstić information content (AvgIpc) is 2.39. The third-order valence-electron chi connectivity index (χ3n) is 3.10. The second-order valence-electron chi connectivity index (χ2n) is 4.76. The molecule has 1 N–H and O–H groups in total. The predicted molar refractivity (Wildman–Crippen MR) is 76.8 cm³/mol. The summed E-state index contributed by atoms with van der Waals surface area (Å²) >= 11 is 1.85. The largest absolute Gasteiger partial charge is 0.340 e. The van der Waals surface area contributed by atoms with Gasteiger partial charge in [0.05, 0.1) is 6.04 Å². The van der Waals surface area contributed by atoms with Crippen molar-refractivity contribution < 1.29 is 4.79 Å². The SMILES string of the molecule is Cc1cccc(CN(C)C(=O)C2CSCCN2)c1. The van der Waals surface area contributed by atoms with Gasteiger partial charge in [-0.25, -0.2) is 0 Å². The van der Waals surface area contributed by atoms with Gasteiger partial charge in [0.25, 0.3) is 0 Å². The minimum absolute atomic E-state index is 0.0152. The smallest absolute Gasteiger partial charge is 0.240 e. The number of rotatable bonds is 3. The third-order valence-corrected chi connectivity index (χ3v) is 4.16. The Balaban J connectivity index is 1.94. The Morgan fingerprint density at radius 1 is 1.56 bits per heavy atom. The molecule has 98 valence electrons.